The van der Waals surface area contributed by atoms with Crippen LogP contribution in [0.25, 0.3) is 0 Å². The van der Waals surface area contributed by atoms with Crippen molar-refractivity contribution in [3.63, 3.8) is 0 Å². The Bertz CT molecular complexity index is 336. The Morgan fingerprint density at radius 2 is 2.06 bits per heavy atom. The van der Waals surface area contributed by atoms with Crippen molar-refractivity contribution in [3.8, 4) is 0 Å². The summed E-state index contributed by atoms with van der Waals surface area (Å²) in [6.45, 7) is 2.95. The van der Waals surface area contributed by atoms with Crippen molar-refractivity contribution in [2.75, 3.05) is 6.61 Å². The van der Waals surface area contributed by atoms with E-state index in [4.69, 9.17) is 27.9 Å². The molecule has 0 aromatic heterocycles. The number of hydrogen-bond acceptors (Lipinski definition) is 1. The highest BCUT2D eigenvalue weighted by atomic mass is 35.5. The first-order chi connectivity index (χ1) is 7.66. The quantitative estimate of drug-likeness (QED) is 0.748. The zero-order valence-corrected chi connectivity index (χ0v) is 10.8. The van der Waals surface area contributed by atoms with Gasteiger partial charge in [-0.25, -0.2) is 0 Å². The highest BCUT2D eigenvalue weighted by Crippen LogP contribution is 2.29. The summed E-state index contributed by atoms with van der Waals surface area (Å²) >= 11 is 12.3. The zero-order valence-electron chi connectivity index (χ0n) is 9.33. The minimum atomic E-state index is 0.152. The van der Waals surface area contributed by atoms with Gasteiger partial charge in [-0.3, -0.25) is 0 Å². The Kier molecular flexibility index (Phi) is 4.12. The molecule has 1 aromatic rings. The Morgan fingerprint density at radius 3 is 2.62 bits per heavy atom. The van der Waals surface area contributed by atoms with Gasteiger partial charge < -0.3 is 4.74 Å². The molecule has 0 radical (unpaired) electrons. The molecule has 16 heavy (non-hydrogen) atoms. The predicted molar refractivity (Wildman–Crippen MR) is 68.3 cm³/mol. The summed E-state index contributed by atoms with van der Waals surface area (Å²) in [5.41, 5.74) is 1.24. The van der Waals surface area contributed by atoms with Crippen LogP contribution in [0.15, 0.2) is 24.3 Å². The summed E-state index contributed by atoms with van der Waals surface area (Å²) in [7, 11) is 0. The second kappa shape index (κ2) is 5.39. The van der Waals surface area contributed by atoms with E-state index in [0.717, 1.165) is 24.5 Å². The van der Waals surface area contributed by atoms with Crippen LogP contribution in [-0.4, -0.2) is 18.1 Å². The predicted octanol–water partition coefficient (Wildman–Crippen LogP) is 3.91. The van der Waals surface area contributed by atoms with E-state index in [0.29, 0.717) is 5.92 Å². The van der Waals surface area contributed by atoms with Crippen molar-refractivity contribution in [2.24, 2.45) is 5.92 Å². The summed E-state index contributed by atoms with van der Waals surface area (Å²) in [4.78, 5) is 0. The van der Waals surface area contributed by atoms with Gasteiger partial charge in [0, 0.05) is 22.9 Å². The average molecular weight is 259 g/mol. The maximum Gasteiger partial charge on any atom is 0.0590 e. The molecule has 1 saturated heterocycles. The Morgan fingerprint density at radius 1 is 1.38 bits per heavy atom. The second-order valence-corrected chi connectivity index (χ2v) is 5.37. The molecule has 0 amide bonds. The molecule has 1 nitrogen and oxygen atoms in total. The van der Waals surface area contributed by atoms with Gasteiger partial charge in [0.05, 0.1) is 6.10 Å². The lowest BCUT2D eigenvalue weighted by Gasteiger charge is -2.20. The number of benzene rings is 1. The van der Waals surface area contributed by atoms with E-state index in [9.17, 15) is 0 Å². The fraction of sp³-hybridized carbons (Fsp3) is 0.538. The van der Waals surface area contributed by atoms with Crippen molar-refractivity contribution in [3.05, 3.63) is 34.9 Å². The van der Waals surface area contributed by atoms with Crippen molar-refractivity contribution in [1.82, 2.24) is 0 Å². The number of hydrogen-bond donors (Lipinski definition) is 0. The standard InChI is InChI=1S/C13H16Cl2O/c1-9-12(6-7-16-9)13(15)8-10-2-4-11(14)5-3-10/h2-5,9,12-13H,6-8H2,1H3. The molecule has 0 spiro atoms. The molecule has 3 heteroatoms. The molecular weight excluding hydrogens is 243 g/mol. The van der Waals surface area contributed by atoms with E-state index in [1.54, 1.807) is 0 Å². The lowest BCUT2D eigenvalue weighted by atomic mass is 9.94. The summed E-state index contributed by atoms with van der Waals surface area (Å²) in [5, 5.41) is 0.922. The summed E-state index contributed by atoms with van der Waals surface area (Å²) in [6.07, 6.45) is 2.25. The lowest BCUT2D eigenvalue weighted by molar-refractivity contribution is 0.105. The van der Waals surface area contributed by atoms with Crippen LogP contribution in [0, 0.1) is 5.92 Å². The van der Waals surface area contributed by atoms with E-state index in [2.05, 4.69) is 6.92 Å². The molecule has 1 aliphatic rings. The number of rotatable bonds is 3. The van der Waals surface area contributed by atoms with E-state index >= 15 is 0 Å². The molecule has 1 fully saturated rings. The number of halogens is 2. The molecule has 0 N–H and O–H groups in total. The first-order valence-electron chi connectivity index (χ1n) is 5.67. The maximum atomic E-state index is 6.44. The van der Waals surface area contributed by atoms with Gasteiger partial charge in [0.25, 0.3) is 0 Å². The van der Waals surface area contributed by atoms with Crippen LogP contribution in [0.5, 0.6) is 0 Å². The molecule has 1 heterocycles. The van der Waals surface area contributed by atoms with Gasteiger partial charge in [0.1, 0.15) is 0 Å². The third-order valence-electron chi connectivity index (χ3n) is 3.24. The van der Waals surface area contributed by atoms with Gasteiger partial charge in [-0.05, 0) is 37.5 Å². The van der Waals surface area contributed by atoms with Gasteiger partial charge >= 0.3 is 0 Å². The van der Waals surface area contributed by atoms with Gasteiger partial charge in [0.2, 0.25) is 0 Å². The molecule has 2 rings (SSSR count). The minimum Gasteiger partial charge on any atom is -0.378 e. The minimum absolute atomic E-state index is 0.152. The van der Waals surface area contributed by atoms with Crippen molar-refractivity contribution in [2.45, 2.75) is 31.2 Å². The first-order valence-corrected chi connectivity index (χ1v) is 6.48. The SMILES string of the molecule is CC1OCCC1C(Cl)Cc1ccc(Cl)cc1. The zero-order chi connectivity index (χ0) is 11.5. The second-order valence-electron chi connectivity index (χ2n) is 4.38. The van der Waals surface area contributed by atoms with E-state index < -0.39 is 0 Å². The molecule has 1 aliphatic heterocycles. The van der Waals surface area contributed by atoms with Crippen LogP contribution < -0.4 is 0 Å². The molecule has 3 atom stereocenters. The van der Waals surface area contributed by atoms with Crippen molar-refractivity contribution in [1.29, 1.82) is 0 Å². The summed E-state index contributed by atoms with van der Waals surface area (Å²) in [6, 6.07) is 7.90. The highest BCUT2D eigenvalue weighted by molar-refractivity contribution is 6.30. The molecular formula is C13H16Cl2O. The number of ether oxygens (including phenoxy) is 1. The van der Waals surface area contributed by atoms with Crippen LogP contribution >= 0.6 is 23.2 Å². The largest absolute Gasteiger partial charge is 0.378 e. The monoisotopic (exact) mass is 258 g/mol. The molecule has 0 bridgehead atoms. The van der Waals surface area contributed by atoms with Crippen LogP contribution in [0.4, 0.5) is 0 Å². The smallest absolute Gasteiger partial charge is 0.0590 e. The molecule has 1 aromatic carbocycles. The molecule has 0 saturated carbocycles. The average Bonchev–Trinajstić information content (AvgIpc) is 2.68. The fourth-order valence-electron chi connectivity index (χ4n) is 2.22. The lowest BCUT2D eigenvalue weighted by Crippen LogP contribution is -2.23. The van der Waals surface area contributed by atoms with Crippen LogP contribution in [0.3, 0.4) is 0 Å². The Labute approximate surface area is 107 Å². The highest BCUT2D eigenvalue weighted by Gasteiger charge is 2.30. The van der Waals surface area contributed by atoms with Crippen molar-refractivity contribution < 1.29 is 4.74 Å². The van der Waals surface area contributed by atoms with Crippen LogP contribution in [0.1, 0.15) is 18.9 Å². The normalized spacial score (nSPS) is 26.9. The third-order valence-corrected chi connectivity index (χ3v) is 3.97. The molecule has 3 unspecified atom stereocenters. The van der Waals surface area contributed by atoms with Gasteiger partial charge in [-0.2, -0.15) is 0 Å². The van der Waals surface area contributed by atoms with Gasteiger partial charge in [-0.15, -0.1) is 11.6 Å². The maximum absolute atomic E-state index is 6.44. The fourth-order valence-corrected chi connectivity index (χ4v) is 2.86. The summed E-state index contributed by atoms with van der Waals surface area (Å²) < 4.78 is 5.54. The Hall–Kier alpha value is -0.240. The van der Waals surface area contributed by atoms with Gasteiger partial charge in [-0.1, -0.05) is 23.7 Å². The molecule has 88 valence electrons. The van der Waals surface area contributed by atoms with Crippen molar-refractivity contribution >= 4 is 23.2 Å². The van der Waals surface area contributed by atoms with E-state index in [-0.39, 0.29) is 11.5 Å². The van der Waals surface area contributed by atoms with Crippen LogP contribution in [0.2, 0.25) is 5.02 Å². The van der Waals surface area contributed by atoms with E-state index in [1.807, 2.05) is 24.3 Å². The topological polar surface area (TPSA) is 9.23 Å². The Balaban J connectivity index is 1.96. The third kappa shape index (κ3) is 2.91. The number of alkyl halides is 1. The van der Waals surface area contributed by atoms with Gasteiger partial charge in [0.15, 0.2) is 0 Å². The first kappa shape index (κ1) is 12.2. The molecule has 0 aliphatic carbocycles. The van der Waals surface area contributed by atoms with Crippen LogP contribution in [-0.2, 0) is 11.2 Å². The van der Waals surface area contributed by atoms with E-state index in [1.165, 1.54) is 5.56 Å². The summed E-state index contributed by atoms with van der Waals surface area (Å²) in [5.74, 6) is 0.470.